The number of phenols is 1. The van der Waals surface area contributed by atoms with E-state index in [1.165, 1.54) is 5.57 Å². The summed E-state index contributed by atoms with van der Waals surface area (Å²) in [5.41, 5.74) is 5.73. The van der Waals surface area contributed by atoms with Crippen molar-refractivity contribution in [2.24, 2.45) is 11.3 Å². The summed E-state index contributed by atoms with van der Waals surface area (Å²) in [5.74, 6) is 2.02. The van der Waals surface area contributed by atoms with Crippen LogP contribution in [0, 0.1) is 11.3 Å². The summed E-state index contributed by atoms with van der Waals surface area (Å²) in [6.45, 7) is 10.7. The fourth-order valence-electron chi connectivity index (χ4n) is 6.25. The van der Waals surface area contributed by atoms with Crippen LogP contribution >= 0.6 is 0 Å². The number of phenolic OH excluding ortho intramolecular Hbond substituents is 1. The number of aliphatic hydroxyl groups excluding tert-OH is 1. The van der Waals surface area contributed by atoms with Gasteiger partial charge in [-0.3, -0.25) is 0 Å². The molecule has 5 nitrogen and oxygen atoms in total. The lowest BCUT2D eigenvalue weighted by molar-refractivity contribution is -0.138. The Bertz CT molecular complexity index is 1390. The average Bonchev–Trinajstić information content (AvgIpc) is 3.27. The second-order valence-electron chi connectivity index (χ2n) is 11.9. The van der Waals surface area contributed by atoms with Gasteiger partial charge >= 0.3 is 0 Å². The number of benzene rings is 2. The molecule has 1 aliphatic heterocycles. The minimum atomic E-state index is -0.334. The molecule has 1 fully saturated rings. The van der Waals surface area contributed by atoms with Gasteiger partial charge in [-0.15, -0.1) is 0 Å². The SMILES string of the molecule is COc1cc(/C=C/c2cc(O)c3cc(CC=C(C)C)[nH]c3c2)cc2c1O[C@]1(C)CC[C@@H](O)C(C)(C)[C@H]1C2. The molecule has 1 aromatic heterocycles. The highest BCUT2D eigenvalue weighted by molar-refractivity contribution is 5.89. The third-order valence-electron chi connectivity index (χ3n) is 8.53. The van der Waals surface area contributed by atoms with Crippen LogP contribution < -0.4 is 9.47 Å². The summed E-state index contributed by atoms with van der Waals surface area (Å²) >= 11 is 0. The number of hydrogen-bond donors (Lipinski definition) is 3. The van der Waals surface area contributed by atoms with Crippen molar-refractivity contribution in [3.05, 3.63) is 64.4 Å². The third kappa shape index (κ3) is 4.66. The summed E-state index contributed by atoms with van der Waals surface area (Å²) in [6.07, 6.45) is 9.11. The fourth-order valence-corrected chi connectivity index (χ4v) is 6.25. The molecule has 0 unspecified atom stereocenters. The van der Waals surface area contributed by atoms with Crippen LogP contribution in [0.5, 0.6) is 17.2 Å². The Hall–Kier alpha value is -3.18. The number of ether oxygens (including phenoxy) is 2. The summed E-state index contributed by atoms with van der Waals surface area (Å²) < 4.78 is 12.4. The Balaban J connectivity index is 1.46. The molecule has 2 heterocycles. The van der Waals surface area contributed by atoms with E-state index in [0.29, 0.717) is 0 Å². The van der Waals surface area contributed by atoms with E-state index in [4.69, 9.17) is 9.47 Å². The lowest BCUT2D eigenvalue weighted by atomic mass is 9.57. The van der Waals surface area contributed by atoms with Crippen molar-refractivity contribution in [3.8, 4) is 17.2 Å². The minimum Gasteiger partial charge on any atom is -0.507 e. The Kier molecular flexibility index (Phi) is 6.39. The van der Waals surface area contributed by atoms with E-state index in [0.717, 1.165) is 70.5 Å². The highest BCUT2D eigenvalue weighted by atomic mass is 16.5. The van der Waals surface area contributed by atoms with Crippen molar-refractivity contribution in [2.45, 2.75) is 72.0 Å². The van der Waals surface area contributed by atoms with E-state index >= 15 is 0 Å². The van der Waals surface area contributed by atoms with Crippen molar-refractivity contribution < 1.29 is 19.7 Å². The molecule has 196 valence electrons. The van der Waals surface area contributed by atoms with Gasteiger partial charge in [-0.25, -0.2) is 0 Å². The molecule has 2 aromatic carbocycles. The van der Waals surface area contributed by atoms with Crippen molar-refractivity contribution in [1.29, 1.82) is 0 Å². The average molecular weight is 502 g/mol. The molecular formula is C32H39NO4. The maximum Gasteiger partial charge on any atom is 0.165 e. The van der Waals surface area contributed by atoms with Crippen LogP contribution in [-0.4, -0.2) is 34.0 Å². The van der Waals surface area contributed by atoms with Gasteiger partial charge in [0.15, 0.2) is 11.5 Å². The van der Waals surface area contributed by atoms with Crippen molar-refractivity contribution in [2.75, 3.05) is 7.11 Å². The number of H-pyrrole nitrogens is 1. The first-order valence-corrected chi connectivity index (χ1v) is 13.2. The third-order valence-corrected chi connectivity index (χ3v) is 8.53. The number of rotatable bonds is 5. The van der Waals surface area contributed by atoms with E-state index in [-0.39, 0.29) is 28.8 Å². The molecule has 0 bridgehead atoms. The standard InChI is InChI=1S/C32H39NO4/c1-19(2)7-10-23-18-24-25(33-23)14-21(15-26(24)34)9-8-20-13-22-17-28-31(3,4)29(35)11-12-32(28,5)37-30(22)27(16-20)36-6/h7-9,13-16,18,28-29,33-35H,10-12,17H2,1-6H3/b9-8+/t28-,29-,32-/m1/s1. The molecule has 5 heteroatoms. The minimum absolute atomic E-state index is 0.202. The lowest BCUT2D eigenvalue weighted by Gasteiger charge is -2.55. The van der Waals surface area contributed by atoms with Gasteiger partial charge in [-0.2, -0.15) is 0 Å². The predicted octanol–water partition coefficient (Wildman–Crippen LogP) is 7.05. The number of hydrogen-bond acceptors (Lipinski definition) is 4. The fraction of sp³-hybridized carbons (Fsp3) is 0.438. The maximum atomic E-state index is 10.7. The smallest absolute Gasteiger partial charge is 0.165 e. The normalized spacial score (nSPS) is 24.4. The molecule has 3 N–H and O–H groups in total. The molecule has 0 saturated heterocycles. The zero-order valence-corrected chi connectivity index (χ0v) is 22.8. The molecular weight excluding hydrogens is 462 g/mol. The molecule has 3 atom stereocenters. The second-order valence-corrected chi connectivity index (χ2v) is 11.9. The van der Waals surface area contributed by atoms with Gasteiger partial charge < -0.3 is 24.7 Å². The molecule has 1 saturated carbocycles. The largest absolute Gasteiger partial charge is 0.507 e. The van der Waals surface area contributed by atoms with Crippen molar-refractivity contribution in [1.82, 2.24) is 4.98 Å². The Labute approximate surface area is 219 Å². The van der Waals surface area contributed by atoms with Crippen LogP contribution in [0.15, 0.2) is 42.0 Å². The van der Waals surface area contributed by atoms with Crippen LogP contribution in [0.3, 0.4) is 0 Å². The first-order valence-electron chi connectivity index (χ1n) is 13.2. The Morgan fingerprint density at radius 2 is 1.84 bits per heavy atom. The van der Waals surface area contributed by atoms with Gasteiger partial charge in [0.2, 0.25) is 0 Å². The van der Waals surface area contributed by atoms with E-state index in [1.54, 1.807) is 13.2 Å². The van der Waals surface area contributed by atoms with Crippen LogP contribution in [0.1, 0.15) is 69.8 Å². The molecule has 1 aliphatic carbocycles. The molecule has 0 radical (unpaired) electrons. The number of methoxy groups -OCH3 is 1. The van der Waals surface area contributed by atoms with Crippen LogP contribution in [0.2, 0.25) is 0 Å². The Morgan fingerprint density at radius 1 is 1.11 bits per heavy atom. The van der Waals surface area contributed by atoms with E-state index in [1.807, 2.05) is 24.3 Å². The highest BCUT2D eigenvalue weighted by Gasteiger charge is 2.54. The number of aliphatic hydroxyl groups is 1. The summed E-state index contributed by atoms with van der Waals surface area (Å²) in [6, 6.07) is 10.0. The topological polar surface area (TPSA) is 74.7 Å². The molecule has 2 aliphatic rings. The molecule has 0 spiro atoms. The quantitative estimate of drug-likeness (QED) is 0.259. The number of nitrogens with one attached hydrogen (secondary N) is 1. The number of aromatic hydroxyl groups is 1. The van der Waals surface area contributed by atoms with Crippen molar-refractivity contribution in [3.63, 3.8) is 0 Å². The van der Waals surface area contributed by atoms with Crippen LogP contribution in [0.25, 0.3) is 23.1 Å². The van der Waals surface area contributed by atoms with Gasteiger partial charge in [0.1, 0.15) is 11.4 Å². The summed E-state index contributed by atoms with van der Waals surface area (Å²) in [7, 11) is 1.68. The molecule has 37 heavy (non-hydrogen) atoms. The molecule has 3 aromatic rings. The van der Waals surface area contributed by atoms with E-state index in [9.17, 15) is 10.2 Å². The number of allylic oxidation sites excluding steroid dienone is 2. The summed E-state index contributed by atoms with van der Waals surface area (Å²) in [5, 5.41) is 22.2. The first-order chi connectivity index (χ1) is 17.5. The highest BCUT2D eigenvalue weighted by Crippen LogP contribution is 2.55. The molecule has 5 rings (SSSR count). The zero-order chi connectivity index (χ0) is 26.5. The molecule has 0 amide bonds. The Morgan fingerprint density at radius 3 is 2.54 bits per heavy atom. The monoisotopic (exact) mass is 501 g/mol. The van der Waals surface area contributed by atoms with E-state index < -0.39 is 0 Å². The van der Waals surface area contributed by atoms with Gasteiger partial charge in [0, 0.05) is 28.9 Å². The van der Waals surface area contributed by atoms with Gasteiger partial charge in [0.05, 0.1) is 13.2 Å². The predicted molar refractivity (Wildman–Crippen MR) is 150 cm³/mol. The number of aromatic nitrogens is 1. The summed E-state index contributed by atoms with van der Waals surface area (Å²) in [4.78, 5) is 3.44. The van der Waals surface area contributed by atoms with Crippen LogP contribution in [-0.2, 0) is 12.8 Å². The van der Waals surface area contributed by atoms with Gasteiger partial charge in [-0.1, -0.05) is 37.6 Å². The second kappa shape index (κ2) is 9.29. The first kappa shape index (κ1) is 25.5. The van der Waals surface area contributed by atoms with Crippen LogP contribution in [0.4, 0.5) is 0 Å². The zero-order valence-electron chi connectivity index (χ0n) is 22.8. The number of fused-ring (bicyclic) bond motifs is 3. The number of aromatic amines is 1. The van der Waals surface area contributed by atoms with Gasteiger partial charge in [0.25, 0.3) is 0 Å². The van der Waals surface area contributed by atoms with E-state index in [2.05, 4.69) is 57.8 Å². The lowest BCUT2D eigenvalue weighted by Crippen LogP contribution is -2.58. The maximum absolute atomic E-state index is 10.7. The van der Waals surface area contributed by atoms with Gasteiger partial charge in [-0.05, 0) is 92.5 Å². The van der Waals surface area contributed by atoms with Crippen molar-refractivity contribution >= 4 is 23.1 Å².